The number of para-hydroxylation sites is 1. The first-order valence-corrected chi connectivity index (χ1v) is 25.2. The highest BCUT2D eigenvalue weighted by Gasteiger charge is 2.31. The van der Waals surface area contributed by atoms with Crippen LogP contribution in [0.3, 0.4) is 0 Å². The van der Waals surface area contributed by atoms with Gasteiger partial charge in [-0.05, 0) is 146 Å². The molecule has 356 valence electrons. The summed E-state index contributed by atoms with van der Waals surface area (Å²) < 4.78 is 15.4. The van der Waals surface area contributed by atoms with Gasteiger partial charge in [0.2, 0.25) is 0 Å². The van der Waals surface area contributed by atoms with E-state index in [1.165, 1.54) is 39.2 Å². The molecule has 0 saturated heterocycles. The maximum absolute atomic E-state index is 6.93. The molecule has 3 aromatic heterocycles. The van der Waals surface area contributed by atoms with Gasteiger partial charge in [-0.15, -0.1) is 0 Å². The van der Waals surface area contributed by atoms with E-state index < -0.39 is 0 Å². The van der Waals surface area contributed by atoms with Gasteiger partial charge in [-0.2, -0.15) is 0 Å². The Morgan fingerprint density at radius 1 is 0.417 bits per heavy atom. The van der Waals surface area contributed by atoms with Crippen molar-refractivity contribution in [3.05, 3.63) is 205 Å². The summed E-state index contributed by atoms with van der Waals surface area (Å²) in [6.07, 6.45) is 1.93. The van der Waals surface area contributed by atoms with E-state index in [4.69, 9.17) is 14.1 Å². The fourth-order valence-electron chi connectivity index (χ4n) is 10.4. The van der Waals surface area contributed by atoms with E-state index in [0.717, 1.165) is 83.6 Å². The third kappa shape index (κ3) is 8.05. The average Bonchev–Trinajstić information content (AvgIpc) is 4.05. The Bertz CT molecular complexity index is 3860. The Labute approximate surface area is 422 Å². The van der Waals surface area contributed by atoms with E-state index in [-0.39, 0.29) is 16.2 Å². The van der Waals surface area contributed by atoms with Crippen LogP contribution in [-0.4, -0.2) is 16.2 Å². The second-order valence-corrected chi connectivity index (χ2v) is 22.6. The summed E-state index contributed by atoms with van der Waals surface area (Å²) in [4.78, 5) is 9.91. The van der Waals surface area contributed by atoms with Gasteiger partial charge in [0.25, 0.3) is 0 Å². The Hall–Kier alpha value is -8.09. The van der Waals surface area contributed by atoms with Gasteiger partial charge in [0.05, 0.1) is 22.4 Å². The maximum atomic E-state index is 6.93. The second-order valence-electron chi connectivity index (χ2n) is 22.6. The molecule has 72 heavy (non-hydrogen) atoms. The summed E-state index contributed by atoms with van der Waals surface area (Å²) in [6, 6.07) is 65.6. The van der Waals surface area contributed by atoms with Gasteiger partial charge < -0.3 is 19.0 Å². The van der Waals surface area contributed by atoms with Gasteiger partial charge in [-0.1, -0.05) is 141 Å². The predicted octanol–water partition coefficient (Wildman–Crippen LogP) is 18.3. The van der Waals surface area contributed by atoms with E-state index in [1.54, 1.807) is 0 Å². The molecule has 0 spiro atoms. The number of rotatable bonds is 7. The number of benzene rings is 8. The molecule has 0 saturated carbocycles. The fraction of sp³-hybridized carbons (Fsp3) is 0.197. The lowest BCUT2D eigenvalue weighted by Crippen LogP contribution is -2.25. The van der Waals surface area contributed by atoms with Crippen LogP contribution < -0.4 is 14.5 Å². The molecule has 0 atom stereocenters. The minimum atomic E-state index is -0.0549. The minimum Gasteiger partial charge on any atom is -0.457 e. The van der Waals surface area contributed by atoms with Gasteiger partial charge in [0.15, 0.2) is 0 Å². The number of hydrogen-bond donors (Lipinski definition) is 0. The number of pyridine rings is 1. The summed E-state index contributed by atoms with van der Waals surface area (Å²) in [5.74, 6) is 2.38. The van der Waals surface area contributed by atoms with Crippen LogP contribution in [0, 0.1) is 0 Å². The van der Waals surface area contributed by atoms with Crippen LogP contribution in [-0.2, 0) is 16.2 Å². The molecule has 11 aromatic rings. The zero-order valence-corrected chi connectivity index (χ0v) is 42.7. The Morgan fingerprint density at radius 3 is 1.83 bits per heavy atom. The molecular weight excluding hydrogens is 881 g/mol. The highest BCUT2D eigenvalue weighted by atomic mass is 16.5. The van der Waals surface area contributed by atoms with Crippen molar-refractivity contribution in [3.8, 4) is 39.6 Å². The Kier molecular flexibility index (Phi) is 10.5. The van der Waals surface area contributed by atoms with Crippen molar-refractivity contribution in [3.63, 3.8) is 0 Å². The van der Waals surface area contributed by atoms with Gasteiger partial charge in [-0.25, -0.2) is 4.98 Å². The molecule has 4 heterocycles. The number of furan rings is 1. The van der Waals surface area contributed by atoms with Crippen molar-refractivity contribution < 1.29 is 9.15 Å². The number of fused-ring (bicyclic) bond motifs is 7. The van der Waals surface area contributed by atoms with Crippen LogP contribution in [0.5, 0.6) is 11.5 Å². The number of hydrogen-bond acceptors (Lipinski definition) is 5. The topological polar surface area (TPSA) is 46.7 Å². The molecule has 12 rings (SSSR count). The fourth-order valence-corrected chi connectivity index (χ4v) is 10.4. The molecule has 0 amide bonds. The molecule has 6 nitrogen and oxygen atoms in total. The quantitative estimate of drug-likeness (QED) is 0.159. The van der Waals surface area contributed by atoms with E-state index in [2.05, 4.69) is 247 Å². The molecule has 1 aliphatic rings. The van der Waals surface area contributed by atoms with Crippen molar-refractivity contribution in [1.29, 1.82) is 0 Å². The minimum absolute atomic E-state index is 0.0131. The molecule has 0 unspecified atom stereocenters. The highest BCUT2D eigenvalue weighted by molar-refractivity contribution is 6.11. The first-order valence-electron chi connectivity index (χ1n) is 25.2. The average molecular weight is 941 g/mol. The number of anilines is 4. The third-order valence-electron chi connectivity index (χ3n) is 14.6. The first-order chi connectivity index (χ1) is 34.5. The van der Waals surface area contributed by atoms with Crippen molar-refractivity contribution >= 4 is 66.5 Å². The van der Waals surface area contributed by atoms with Crippen LogP contribution >= 0.6 is 0 Å². The summed E-state index contributed by atoms with van der Waals surface area (Å²) in [7, 11) is 0. The molecule has 0 fully saturated rings. The summed E-state index contributed by atoms with van der Waals surface area (Å²) in [5.41, 5.74) is 16.9. The zero-order valence-electron chi connectivity index (χ0n) is 42.7. The van der Waals surface area contributed by atoms with Gasteiger partial charge in [-0.3, -0.25) is 4.57 Å². The SMILES string of the molecule is CC(C)(C)c1cc(N2CN(c3cccc(Oc4ccc5c6cc(-c7ccc8oc9ccccc9c8c7)ccc6n(-c6cc(C(C)(C)C)ccn6)c5c4)c3)c3cc(-c4ccccc4)ccc32)cc(C(C)(C)C)c1. The largest absolute Gasteiger partial charge is 0.457 e. The van der Waals surface area contributed by atoms with Crippen molar-refractivity contribution in [2.75, 3.05) is 16.5 Å². The number of aromatic nitrogens is 2. The predicted molar refractivity (Wildman–Crippen MR) is 301 cm³/mol. The highest BCUT2D eigenvalue weighted by Crippen LogP contribution is 2.48. The van der Waals surface area contributed by atoms with E-state index >= 15 is 0 Å². The molecule has 0 N–H and O–H groups in total. The number of ether oxygens (including phenoxy) is 1. The van der Waals surface area contributed by atoms with Crippen LogP contribution in [0.2, 0.25) is 0 Å². The molecule has 0 aliphatic carbocycles. The molecule has 6 heteroatoms. The zero-order chi connectivity index (χ0) is 49.7. The lowest BCUT2D eigenvalue weighted by Gasteiger charge is -2.29. The third-order valence-corrected chi connectivity index (χ3v) is 14.6. The van der Waals surface area contributed by atoms with E-state index in [9.17, 15) is 0 Å². The summed E-state index contributed by atoms with van der Waals surface area (Å²) in [5, 5.41) is 4.50. The van der Waals surface area contributed by atoms with Crippen molar-refractivity contribution in [1.82, 2.24) is 9.55 Å². The lowest BCUT2D eigenvalue weighted by molar-refractivity contribution is 0.483. The standard InChI is InChI=1S/C66H60N4O2/c1-64(2,3)46-30-31-67-63(38-46)70-57-27-22-43(44-24-29-62-56(33-44)54-20-13-14-21-61(54)72-62)32-55(57)53-26-25-52(40-59(53)70)71-51-19-15-18-49(39-51)68-41-69(50-36-47(65(4,5)6)35-48(37-50)66(7,8)9)58-28-23-45(34-60(58)68)42-16-11-10-12-17-42/h10-40H,41H2,1-9H3. The molecule has 0 radical (unpaired) electrons. The van der Waals surface area contributed by atoms with Gasteiger partial charge in [0.1, 0.15) is 35.2 Å². The number of nitrogens with zero attached hydrogens (tertiary/aromatic N) is 4. The molecule has 8 aromatic carbocycles. The van der Waals surface area contributed by atoms with Crippen LogP contribution in [0.15, 0.2) is 193 Å². The van der Waals surface area contributed by atoms with Crippen molar-refractivity contribution in [2.24, 2.45) is 0 Å². The maximum Gasteiger partial charge on any atom is 0.137 e. The molecule has 0 bridgehead atoms. The summed E-state index contributed by atoms with van der Waals surface area (Å²) >= 11 is 0. The van der Waals surface area contributed by atoms with Gasteiger partial charge in [0, 0.05) is 51.2 Å². The van der Waals surface area contributed by atoms with Crippen LogP contribution in [0.1, 0.15) is 79.0 Å². The van der Waals surface area contributed by atoms with Crippen molar-refractivity contribution in [2.45, 2.75) is 78.6 Å². The lowest BCUT2D eigenvalue weighted by atomic mass is 9.80. The molecular formula is C66H60N4O2. The van der Waals surface area contributed by atoms with E-state index in [1.807, 2.05) is 18.3 Å². The normalized spacial score (nSPS) is 13.2. The smallest absolute Gasteiger partial charge is 0.137 e. The monoisotopic (exact) mass is 940 g/mol. The second kappa shape index (κ2) is 16.8. The van der Waals surface area contributed by atoms with Crippen LogP contribution in [0.25, 0.3) is 71.8 Å². The Balaban J connectivity index is 0.946. The first kappa shape index (κ1) is 45.1. The van der Waals surface area contributed by atoms with E-state index in [0.29, 0.717) is 6.67 Å². The van der Waals surface area contributed by atoms with Gasteiger partial charge >= 0.3 is 0 Å². The molecule has 1 aliphatic heterocycles. The summed E-state index contributed by atoms with van der Waals surface area (Å²) in [6.45, 7) is 21.2. The van der Waals surface area contributed by atoms with Crippen LogP contribution in [0.4, 0.5) is 22.7 Å². The Morgan fingerprint density at radius 2 is 1.07 bits per heavy atom.